The summed E-state index contributed by atoms with van der Waals surface area (Å²) in [6, 6.07) is -0.196. The van der Waals surface area contributed by atoms with Gasteiger partial charge in [-0.25, -0.2) is 4.79 Å². The SMILES string of the molecule is CCn1cnnc1CNC(=O)NC1CCCC1(C)CO. The van der Waals surface area contributed by atoms with E-state index in [0.717, 1.165) is 31.6 Å². The molecule has 1 aliphatic rings. The molecule has 20 heavy (non-hydrogen) atoms. The summed E-state index contributed by atoms with van der Waals surface area (Å²) in [7, 11) is 0. The molecular formula is C13H23N5O2. The Hall–Kier alpha value is -1.63. The number of aromatic nitrogens is 3. The molecule has 0 bridgehead atoms. The van der Waals surface area contributed by atoms with Gasteiger partial charge < -0.3 is 20.3 Å². The van der Waals surface area contributed by atoms with Crippen molar-refractivity contribution in [1.29, 1.82) is 0 Å². The minimum atomic E-state index is -0.220. The molecule has 0 spiro atoms. The van der Waals surface area contributed by atoms with Crippen molar-refractivity contribution in [2.75, 3.05) is 6.61 Å². The Morgan fingerprint density at radius 3 is 3.15 bits per heavy atom. The van der Waals surface area contributed by atoms with Gasteiger partial charge in [-0.2, -0.15) is 0 Å². The second-order valence-electron chi connectivity index (χ2n) is 5.62. The maximum absolute atomic E-state index is 11.9. The highest BCUT2D eigenvalue weighted by molar-refractivity contribution is 5.74. The summed E-state index contributed by atoms with van der Waals surface area (Å²) in [5, 5.41) is 23.0. The van der Waals surface area contributed by atoms with Gasteiger partial charge in [0.2, 0.25) is 0 Å². The zero-order valence-corrected chi connectivity index (χ0v) is 12.1. The van der Waals surface area contributed by atoms with E-state index in [4.69, 9.17) is 0 Å². The van der Waals surface area contributed by atoms with E-state index in [9.17, 15) is 9.90 Å². The van der Waals surface area contributed by atoms with Crippen molar-refractivity contribution in [3.05, 3.63) is 12.2 Å². The van der Waals surface area contributed by atoms with Crippen molar-refractivity contribution in [2.45, 2.75) is 52.2 Å². The second kappa shape index (κ2) is 6.21. The number of hydrogen-bond acceptors (Lipinski definition) is 4. The smallest absolute Gasteiger partial charge is 0.315 e. The van der Waals surface area contributed by atoms with Crippen molar-refractivity contribution in [1.82, 2.24) is 25.4 Å². The minimum absolute atomic E-state index is 0.0246. The van der Waals surface area contributed by atoms with Crippen LogP contribution in [0, 0.1) is 5.41 Å². The number of rotatable bonds is 5. The first kappa shape index (κ1) is 14.8. The fraction of sp³-hybridized carbons (Fsp3) is 0.769. The predicted molar refractivity (Wildman–Crippen MR) is 73.9 cm³/mol. The molecule has 112 valence electrons. The van der Waals surface area contributed by atoms with Crippen molar-refractivity contribution >= 4 is 6.03 Å². The summed E-state index contributed by atoms with van der Waals surface area (Å²) >= 11 is 0. The Labute approximate surface area is 118 Å². The van der Waals surface area contributed by atoms with Crippen LogP contribution in [0.1, 0.15) is 38.9 Å². The molecule has 7 nitrogen and oxygen atoms in total. The van der Waals surface area contributed by atoms with Gasteiger partial charge in [0.15, 0.2) is 5.82 Å². The van der Waals surface area contributed by atoms with Gasteiger partial charge in [0.05, 0.1) is 13.2 Å². The normalized spacial score (nSPS) is 25.6. The molecule has 1 aliphatic carbocycles. The van der Waals surface area contributed by atoms with Gasteiger partial charge in [-0.05, 0) is 19.8 Å². The molecule has 2 unspecified atom stereocenters. The number of carbonyl (C=O) groups excluding carboxylic acids is 1. The third-order valence-electron chi connectivity index (χ3n) is 4.19. The van der Waals surface area contributed by atoms with E-state index < -0.39 is 0 Å². The van der Waals surface area contributed by atoms with Crippen LogP contribution in [0.3, 0.4) is 0 Å². The molecule has 1 fully saturated rings. The van der Waals surface area contributed by atoms with E-state index >= 15 is 0 Å². The number of amides is 2. The van der Waals surface area contributed by atoms with Gasteiger partial charge >= 0.3 is 6.03 Å². The first-order valence-electron chi connectivity index (χ1n) is 7.11. The molecule has 0 radical (unpaired) electrons. The second-order valence-corrected chi connectivity index (χ2v) is 5.62. The molecule has 0 aromatic carbocycles. The lowest BCUT2D eigenvalue weighted by molar-refractivity contribution is 0.121. The molecule has 2 atom stereocenters. The molecule has 2 rings (SSSR count). The maximum Gasteiger partial charge on any atom is 0.315 e. The summed E-state index contributed by atoms with van der Waals surface area (Å²) in [6.07, 6.45) is 4.54. The van der Waals surface area contributed by atoms with Crippen LogP contribution in [0.4, 0.5) is 4.79 Å². The first-order valence-corrected chi connectivity index (χ1v) is 7.11. The van der Waals surface area contributed by atoms with Gasteiger partial charge in [0.1, 0.15) is 6.33 Å². The molecule has 2 amide bonds. The van der Waals surface area contributed by atoms with Gasteiger partial charge in [0, 0.05) is 18.0 Å². The minimum Gasteiger partial charge on any atom is -0.396 e. The molecular weight excluding hydrogens is 258 g/mol. The Bertz CT molecular complexity index is 461. The fourth-order valence-corrected chi connectivity index (χ4v) is 2.72. The van der Waals surface area contributed by atoms with Gasteiger partial charge in [0.25, 0.3) is 0 Å². The summed E-state index contributed by atoms with van der Waals surface area (Å²) in [6.45, 7) is 5.23. The Balaban J connectivity index is 1.84. The zero-order chi connectivity index (χ0) is 14.6. The number of carbonyl (C=O) groups is 1. The van der Waals surface area contributed by atoms with Crippen molar-refractivity contribution in [2.24, 2.45) is 5.41 Å². The van der Waals surface area contributed by atoms with Gasteiger partial charge in [-0.15, -0.1) is 10.2 Å². The monoisotopic (exact) mass is 281 g/mol. The number of aryl methyl sites for hydroxylation is 1. The Kier molecular flexibility index (Phi) is 4.59. The van der Waals surface area contributed by atoms with Crippen LogP contribution in [0.25, 0.3) is 0 Å². The van der Waals surface area contributed by atoms with E-state index in [0.29, 0.717) is 6.54 Å². The number of aliphatic hydroxyl groups is 1. The molecule has 3 N–H and O–H groups in total. The number of hydrogen-bond donors (Lipinski definition) is 3. The van der Waals surface area contributed by atoms with Crippen LogP contribution in [-0.2, 0) is 13.1 Å². The maximum atomic E-state index is 11.9. The molecule has 0 saturated heterocycles. The standard InChI is InChI=1S/C13H23N5O2/c1-3-18-9-15-17-11(18)7-14-12(20)16-10-5-4-6-13(10,2)8-19/h9-10,19H,3-8H2,1-2H3,(H2,14,16,20). The van der Waals surface area contributed by atoms with Crippen molar-refractivity contribution in [3.8, 4) is 0 Å². The van der Waals surface area contributed by atoms with Crippen molar-refractivity contribution < 1.29 is 9.90 Å². The quantitative estimate of drug-likeness (QED) is 0.739. The van der Waals surface area contributed by atoms with Crippen molar-refractivity contribution in [3.63, 3.8) is 0 Å². The van der Waals surface area contributed by atoms with Gasteiger partial charge in [-0.3, -0.25) is 0 Å². The average Bonchev–Trinajstić information content (AvgIpc) is 3.04. The third kappa shape index (κ3) is 3.09. The number of urea groups is 1. The lowest BCUT2D eigenvalue weighted by atomic mass is 9.86. The molecule has 1 saturated carbocycles. The highest BCUT2D eigenvalue weighted by Gasteiger charge is 2.39. The van der Waals surface area contributed by atoms with Crippen LogP contribution in [0.15, 0.2) is 6.33 Å². The molecule has 1 heterocycles. The third-order valence-corrected chi connectivity index (χ3v) is 4.19. The zero-order valence-electron chi connectivity index (χ0n) is 12.1. The van der Waals surface area contributed by atoms with Crippen LogP contribution in [-0.4, -0.2) is 38.6 Å². The number of nitrogens with zero attached hydrogens (tertiary/aromatic N) is 3. The summed E-state index contributed by atoms with van der Waals surface area (Å²) in [5.41, 5.74) is -0.208. The molecule has 0 aliphatic heterocycles. The van der Waals surface area contributed by atoms with Crippen LogP contribution in [0.2, 0.25) is 0 Å². The largest absolute Gasteiger partial charge is 0.396 e. The number of aliphatic hydroxyl groups excluding tert-OH is 1. The van der Waals surface area contributed by atoms with Gasteiger partial charge in [-0.1, -0.05) is 13.3 Å². The van der Waals surface area contributed by atoms with E-state index in [-0.39, 0.29) is 24.1 Å². The lowest BCUT2D eigenvalue weighted by Gasteiger charge is -2.30. The average molecular weight is 281 g/mol. The Morgan fingerprint density at radius 2 is 2.45 bits per heavy atom. The summed E-state index contributed by atoms with van der Waals surface area (Å²) in [5.74, 6) is 0.735. The molecule has 1 aromatic heterocycles. The highest BCUT2D eigenvalue weighted by atomic mass is 16.3. The predicted octanol–water partition coefficient (Wildman–Crippen LogP) is 0.648. The fourth-order valence-electron chi connectivity index (χ4n) is 2.72. The highest BCUT2D eigenvalue weighted by Crippen LogP contribution is 2.37. The van der Waals surface area contributed by atoms with E-state index in [1.165, 1.54) is 0 Å². The van der Waals surface area contributed by atoms with E-state index in [1.54, 1.807) is 6.33 Å². The first-order chi connectivity index (χ1) is 9.59. The molecule has 1 aromatic rings. The number of nitrogens with one attached hydrogen (secondary N) is 2. The lowest BCUT2D eigenvalue weighted by Crippen LogP contribution is -2.48. The summed E-state index contributed by atoms with van der Waals surface area (Å²) in [4.78, 5) is 11.9. The summed E-state index contributed by atoms with van der Waals surface area (Å²) < 4.78 is 1.88. The Morgan fingerprint density at radius 1 is 1.65 bits per heavy atom. The van der Waals surface area contributed by atoms with Crippen LogP contribution in [0.5, 0.6) is 0 Å². The van der Waals surface area contributed by atoms with Crippen LogP contribution >= 0.6 is 0 Å². The van der Waals surface area contributed by atoms with E-state index in [1.807, 2.05) is 18.4 Å². The molecule has 7 heteroatoms. The van der Waals surface area contributed by atoms with E-state index in [2.05, 4.69) is 20.8 Å². The topological polar surface area (TPSA) is 92.1 Å². The van der Waals surface area contributed by atoms with Crippen LogP contribution < -0.4 is 10.6 Å².